The average Bonchev–Trinajstić information content (AvgIpc) is 3.03. The SMILES string of the molecule is CC1(c2cc(NC(=O)c3ncc[nH]3)ccc2F)CCSC(N)=N1. The fourth-order valence-corrected chi connectivity index (χ4v) is 3.45. The van der Waals surface area contributed by atoms with Crippen molar-refractivity contribution in [2.24, 2.45) is 10.7 Å². The minimum Gasteiger partial charge on any atom is -0.379 e. The Labute approximate surface area is 136 Å². The number of rotatable bonds is 3. The molecule has 1 amide bonds. The standard InChI is InChI=1S/C15H16FN5OS/c1-15(4-7-23-14(17)21-15)10-8-9(2-3-11(10)16)20-13(22)12-18-5-6-19-12/h2-3,5-6,8H,4,7H2,1H3,(H2,17,21)(H,18,19)(H,20,22). The number of carbonyl (C=O) groups excluding carboxylic acids is 1. The molecule has 8 heteroatoms. The summed E-state index contributed by atoms with van der Waals surface area (Å²) in [5.41, 5.74) is 5.96. The Hall–Kier alpha value is -2.35. The number of H-pyrrole nitrogens is 1. The maximum atomic E-state index is 14.3. The van der Waals surface area contributed by atoms with Crippen molar-refractivity contribution in [3.63, 3.8) is 0 Å². The molecule has 1 unspecified atom stereocenters. The molecule has 3 rings (SSSR count). The van der Waals surface area contributed by atoms with Crippen molar-refractivity contribution in [1.82, 2.24) is 9.97 Å². The predicted molar refractivity (Wildman–Crippen MR) is 89.0 cm³/mol. The van der Waals surface area contributed by atoms with Crippen LogP contribution in [0.1, 0.15) is 29.5 Å². The van der Waals surface area contributed by atoms with Crippen molar-refractivity contribution in [1.29, 1.82) is 0 Å². The van der Waals surface area contributed by atoms with Crippen LogP contribution in [0.15, 0.2) is 35.6 Å². The van der Waals surface area contributed by atoms with Gasteiger partial charge in [0.25, 0.3) is 5.91 Å². The second-order valence-corrected chi connectivity index (χ2v) is 6.52. The fraction of sp³-hybridized carbons (Fsp3) is 0.267. The summed E-state index contributed by atoms with van der Waals surface area (Å²) in [6.07, 6.45) is 3.72. The molecular formula is C15H16FN5OS. The van der Waals surface area contributed by atoms with Crippen LogP contribution in [0.25, 0.3) is 0 Å². The van der Waals surface area contributed by atoms with E-state index in [1.807, 2.05) is 6.92 Å². The number of thioether (sulfide) groups is 1. The van der Waals surface area contributed by atoms with Crippen LogP contribution < -0.4 is 11.1 Å². The molecule has 1 aromatic carbocycles. The van der Waals surface area contributed by atoms with Crippen LogP contribution in [0, 0.1) is 5.82 Å². The van der Waals surface area contributed by atoms with Gasteiger partial charge in [0.1, 0.15) is 5.82 Å². The summed E-state index contributed by atoms with van der Waals surface area (Å²) < 4.78 is 14.3. The first kappa shape index (κ1) is 15.5. The molecule has 0 saturated carbocycles. The summed E-state index contributed by atoms with van der Waals surface area (Å²) >= 11 is 1.46. The Kier molecular flexibility index (Phi) is 4.08. The highest BCUT2D eigenvalue weighted by Crippen LogP contribution is 2.37. The summed E-state index contributed by atoms with van der Waals surface area (Å²) in [5.74, 6) is 0.208. The van der Waals surface area contributed by atoms with Crippen LogP contribution in [0.2, 0.25) is 0 Å². The molecule has 0 radical (unpaired) electrons. The van der Waals surface area contributed by atoms with Gasteiger partial charge in [-0.25, -0.2) is 9.37 Å². The van der Waals surface area contributed by atoms with E-state index in [1.54, 1.807) is 12.3 Å². The number of amidine groups is 1. The molecule has 0 aliphatic carbocycles. The van der Waals surface area contributed by atoms with Gasteiger partial charge in [0.15, 0.2) is 11.0 Å². The van der Waals surface area contributed by atoms with Crippen LogP contribution in [-0.4, -0.2) is 26.8 Å². The molecule has 1 aromatic heterocycles. The zero-order valence-electron chi connectivity index (χ0n) is 12.5. The molecule has 0 saturated heterocycles. The summed E-state index contributed by atoms with van der Waals surface area (Å²) in [5, 5.41) is 3.14. The van der Waals surface area contributed by atoms with Crippen molar-refractivity contribution in [2.75, 3.05) is 11.1 Å². The number of nitrogens with one attached hydrogen (secondary N) is 2. The van der Waals surface area contributed by atoms with E-state index in [2.05, 4.69) is 20.3 Å². The van der Waals surface area contributed by atoms with Gasteiger partial charge in [-0.05, 0) is 31.5 Å². The number of hydrogen-bond donors (Lipinski definition) is 3. The third-order valence-electron chi connectivity index (χ3n) is 3.71. The van der Waals surface area contributed by atoms with Crippen molar-refractivity contribution < 1.29 is 9.18 Å². The summed E-state index contributed by atoms with van der Waals surface area (Å²) in [6.45, 7) is 1.84. The molecule has 23 heavy (non-hydrogen) atoms. The van der Waals surface area contributed by atoms with Gasteiger partial charge in [0.05, 0.1) is 5.54 Å². The lowest BCUT2D eigenvalue weighted by atomic mass is 9.89. The molecule has 2 aromatic rings. The number of aromatic nitrogens is 2. The molecule has 6 nitrogen and oxygen atoms in total. The van der Waals surface area contributed by atoms with Gasteiger partial charge in [-0.2, -0.15) is 0 Å². The second kappa shape index (κ2) is 6.04. The summed E-state index contributed by atoms with van der Waals surface area (Å²) in [4.78, 5) is 23.0. The number of nitrogens with zero attached hydrogens (tertiary/aromatic N) is 2. The molecule has 0 spiro atoms. The Morgan fingerprint density at radius 1 is 1.52 bits per heavy atom. The highest BCUT2D eigenvalue weighted by Gasteiger charge is 2.32. The van der Waals surface area contributed by atoms with E-state index in [-0.39, 0.29) is 17.5 Å². The number of imidazole rings is 1. The number of carbonyl (C=O) groups is 1. The van der Waals surface area contributed by atoms with Gasteiger partial charge in [-0.15, -0.1) is 0 Å². The Bertz CT molecular complexity index is 761. The zero-order valence-corrected chi connectivity index (χ0v) is 13.3. The number of hydrogen-bond acceptors (Lipinski definition) is 5. The van der Waals surface area contributed by atoms with Crippen molar-refractivity contribution in [3.8, 4) is 0 Å². The first-order chi connectivity index (χ1) is 11.0. The maximum Gasteiger partial charge on any atom is 0.291 e. The third-order valence-corrected chi connectivity index (χ3v) is 4.51. The van der Waals surface area contributed by atoms with Gasteiger partial charge in [0, 0.05) is 29.4 Å². The lowest BCUT2D eigenvalue weighted by molar-refractivity contribution is 0.101. The molecule has 0 fully saturated rings. The Morgan fingerprint density at radius 3 is 3.04 bits per heavy atom. The minimum absolute atomic E-state index is 0.193. The van der Waals surface area contributed by atoms with Gasteiger partial charge >= 0.3 is 0 Å². The molecular weight excluding hydrogens is 317 g/mol. The number of halogens is 1. The summed E-state index contributed by atoms with van der Waals surface area (Å²) in [7, 11) is 0. The van der Waals surface area contributed by atoms with E-state index in [4.69, 9.17) is 5.73 Å². The molecule has 1 aliphatic rings. The van der Waals surface area contributed by atoms with E-state index >= 15 is 0 Å². The number of aromatic amines is 1. The molecule has 0 bridgehead atoms. The maximum absolute atomic E-state index is 14.3. The number of aliphatic imine (C=N–C) groups is 1. The number of benzene rings is 1. The largest absolute Gasteiger partial charge is 0.379 e. The summed E-state index contributed by atoms with van der Waals surface area (Å²) in [6, 6.07) is 4.43. The van der Waals surface area contributed by atoms with E-state index in [1.165, 1.54) is 30.1 Å². The number of anilines is 1. The molecule has 1 atom stereocenters. The van der Waals surface area contributed by atoms with E-state index in [0.29, 0.717) is 22.8 Å². The van der Waals surface area contributed by atoms with Gasteiger partial charge in [0.2, 0.25) is 0 Å². The van der Waals surface area contributed by atoms with Crippen molar-refractivity contribution in [2.45, 2.75) is 18.9 Å². The first-order valence-corrected chi connectivity index (χ1v) is 8.05. The van der Waals surface area contributed by atoms with Crippen LogP contribution in [0.4, 0.5) is 10.1 Å². The van der Waals surface area contributed by atoms with E-state index in [9.17, 15) is 9.18 Å². The highest BCUT2D eigenvalue weighted by molar-refractivity contribution is 8.13. The first-order valence-electron chi connectivity index (χ1n) is 7.07. The van der Waals surface area contributed by atoms with Crippen LogP contribution >= 0.6 is 11.8 Å². The molecule has 120 valence electrons. The molecule has 1 aliphatic heterocycles. The van der Waals surface area contributed by atoms with E-state index in [0.717, 1.165) is 5.75 Å². The van der Waals surface area contributed by atoms with Crippen LogP contribution in [-0.2, 0) is 5.54 Å². The highest BCUT2D eigenvalue weighted by atomic mass is 32.2. The van der Waals surface area contributed by atoms with E-state index < -0.39 is 5.54 Å². The average molecular weight is 333 g/mol. The van der Waals surface area contributed by atoms with Crippen molar-refractivity contribution in [3.05, 3.63) is 47.8 Å². The fourth-order valence-electron chi connectivity index (χ4n) is 2.48. The minimum atomic E-state index is -0.731. The zero-order chi connectivity index (χ0) is 16.4. The monoisotopic (exact) mass is 333 g/mol. The van der Waals surface area contributed by atoms with Crippen LogP contribution in [0.5, 0.6) is 0 Å². The number of amides is 1. The van der Waals surface area contributed by atoms with Gasteiger partial charge in [-0.3, -0.25) is 9.79 Å². The lowest BCUT2D eigenvalue weighted by Gasteiger charge is -2.30. The Morgan fingerprint density at radius 2 is 2.35 bits per heavy atom. The lowest BCUT2D eigenvalue weighted by Crippen LogP contribution is -2.29. The second-order valence-electron chi connectivity index (χ2n) is 5.41. The quantitative estimate of drug-likeness (QED) is 0.804. The topological polar surface area (TPSA) is 96.2 Å². The predicted octanol–water partition coefficient (Wildman–Crippen LogP) is 2.47. The number of nitrogens with two attached hydrogens (primary N) is 1. The van der Waals surface area contributed by atoms with Crippen LogP contribution in [0.3, 0.4) is 0 Å². The third kappa shape index (κ3) is 3.21. The molecule has 4 N–H and O–H groups in total. The van der Waals surface area contributed by atoms with Gasteiger partial charge < -0.3 is 16.0 Å². The van der Waals surface area contributed by atoms with Crippen molar-refractivity contribution >= 4 is 28.5 Å². The Balaban J connectivity index is 1.90. The smallest absolute Gasteiger partial charge is 0.291 e. The normalized spacial score (nSPS) is 20.9. The molecule has 2 heterocycles. The van der Waals surface area contributed by atoms with Gasteiger partial charge in [-0.1, -0.05) is 11.8 Å².